The second-order valence-electron chi connectivity index (χ2n) is 6.81. The lowest BCUT2D eigenvalue weighted by Crippen LogP contribution is -2.27. The summed E-state index contributed by atoms with van der Waals surface area (Å²) in [5, 5.41) is 3.15. The van der Waals surface area contributed by atoms with Crippen LogP contribution >= 0.6 is 11.8 Å². The van der Waals surface area contributed by atoms with Crippen LogP contribution in [0.3, 0.4) is 0 Å². The van der Waals surface area contributed by atoms with Crippen LogP contribution in [-0.4, -0.2) is 11.7 Å². The largest absolute Gasteiger partial charge is 0.350 e. The number of benzene rings is 2. The Kier molecular flexibility index (Phi) is 6.57. The monoisotopic (exact) mass is 353 g/mol. The molecular formula is C22H27NOS. The van der Waals surface area contributed by atoms with Gasteiger partial charge in [0.05, 0.1) is 6.04 Å². The van der Waals surface area contributed by atoms with Crippen molar-refractivity contribution in [2.75, 3.05) is 5.75 Å². The van der Waals surface area contributed by atoms with Crippen LogP contribution in [0.15, 0.2) is 48.5 Å². The van der Waals surface area contributed by atoms with Crippen LogP contribution in [0.1, 0.15) is 54.5 Å². The van der Waals surface area contributed by atoms with E-state index in [1.54, 1.807) is 0 Å². The zero-order chi connectivity index (χ0) is 17.5. The molecule has 0 aliphatic heterocycles. The lowest BCUT2D eigenvalue weighted by molar-refractivity contribution is -0.121. The van der Waals surface area contributed by atoms with Crippen molar-refractivity contribution in [1.82, 2.24) is 5.32 Å². The molecule has 132 valence electrons. The summed E-state index contributed by atoms with van der Waals surface area (Å²) in [6.45, 7) is 2.08. The molecule has 0 saturated carbocycles. The number of nitrogens with one attached hydrogen (secondary N) is 1. The van der Waals surface area contributed by atoms with Gasteiger partial charge in [-0.05, 0) is 54.9 Å². The molecule has 0 aromatic heterocycles. The predicted octanol–water partition coefficient (Wildman–Crippen LogP) is 5.07. The molecule has 2 nitrogen and oxygen atoms in total. The van der Waals surface area contributed by atoms with Crippen molar-refractivity contribution >= 4 is 17.7 Å². The summed E-state index contributed by atoms with van der Waals surface area (Å²) in [6.07, 6.45) is 5.55. The SMILES string of the molecule is C[C@H](NC(=O)CCSCc1ccccc1)c1ccc2c(c1)CCCC2. The summed E-state index contributed by atoms with van der Waals surface area (Å²) in [5.41, 5.74) is 5.51. The number of thioether (sulfide) groups is 1. The normalized spacial score (nSPS) is 14.6. The van der Waals surface area contributed by atoms with E-state index in [1.165, 1.54) is 47.9 Å². The molecule has 1 aliphatic carbocycles. The molecule has 3 rings (SSSR count). The Morgan fingerprint density at radius 1 is 1.08 bits per heavy atom. The molecule has 0 spiro atoms. The number of carbonyl (C=O) groups excluding carboxylic acids is 1. The minimum Gasteiger partial charge on any atom is -0.350 e. The maximum Gasteiger partial charge on any atom is 0.221 e. The molecule has 0 fully saturated rings. The predicted molar refractivity (Wildman–Crippen MR) is 107 cm³/mol. The second-order valence-corrected chi connectivity index (χ2v) is 7.92. The molecule has 2 aromatic rings. The van der Waals surface area contributed by atoms with E-state index in [0.29, 0.717) is 6.42 Å². The van der Waals surface area contributed by atoms with E-state index in [2.05, 4.69) is 54.7 Å². The van der Waals surface area contributed by atoms with Crippen LogP contribution in [0.2, 0.25) is 0 Å². The van der Waals surface area contributed by atoms with Crippen LogP contribution in [-0.2, 0) is 23.4 Å². The van der Waals surface area contributed by atoms with E-state index >= 15 is 0 Å². The van der Waals surface area contributed by atoms with E-state index in [0.717, 1.165) is 11.5 Å². The van der Waals surface area contributed by atoms with Gasteiger partial charge < -0.3 is 5.32 Å². The molecule has 1 atom stereocenters. The molecule has 0 saturated heterocycles. The van der Waals surface area contributed by atoms with Gasteiger partial charge in [0.1, 0.15) is 0 Å². The average molecular weight is 354 g/mol. The van der Waals surface area contributed by atoms with Gasteiger partial charge in [0.2, 0.25) is 5.91 Å². The van der Waals surface area contributed by atoms with Crippen molar-refractivity contribution < 1.29 is 4.79 Å². The number of rotatable bonds is 7. The molecule has 0 unspecified atom stereocenters. The summed E-state index contributed by atoms with van der Waals surface area (Å²) >= 11 is 1.82. The Bertz CT molecular complexity index is 698. The van der Waals surface area contributed by atoms with Crippen molar-refractivity contribution in [1.29, 1.82) is 0 Å². The summed E-state index contributed by atoms with van der Waals surface area (Å²) in [4.78, 5) is 12.2. The molecule has 3 heteroatoms. The standard InChI is InChI=1S/C22H27NOS/c1-17(20-12-11-19-9-5-6-10-21(19)15-20)23-22(24)13-14-25-16-18-7-3-2-4-8-18/h2-4,7-8,11-12,15,17H,5-6,9-10,13-14,16H2,1H3,(H,23,24)/t17-/m0/s1. The fourth-order valence-electron chi connectivity index (χ4n) is 3.35. The third-order valence-electron chi connectivity index (χ3n) is 4.84. The molecule has 1 aliphatic rings. The zero-order valence-electron chi connectivity index (χ0n) is 15.0. The molecule has 1 amide bonds. The lowest BCUT2D eigenvalue weighted by Gasteiger charge is -2.20. The van der Waals surface area contributed by atoms with Crippen LogP contribution in [0, 0.1) is 0 Å². The van der Waals surface area contributed by atoms with E-state index in [9.17, 15) is 4.79 Å². The van der Waals surface area contributed by atoms with Crippen LogP contribution in [0.5, 0.6) is 0 Å². The quantitative estimate of drug-likeness (QED) is 0.704. The van der Waals surface area contributed by atoms with E-state index in [1.807, 2.05) is 17.8 Å². The number of aryl methyl sites for hydroxylation is 2. The summed E-state index contributed by atoms with van der Waals surface area (Å²) < 4.78 is 0. The Hall–Kier alpha value is -1.74. The van der Waals surface area contributed by atoms with Gasteiger partial charge in [-0.1, -0.05) is 48.5 Å². The van der Waals surface area contributed by atoms with Gasteiger partial charge in [-0.2, -0.15) is 11.8 Å². The van der Waals surface area contributed by atoms with Crippen molar-refractivity contribution in [3.63, 3.8) is 0 Å². The smallest absolute Gasteiger partial charge is 0.221 e. The first kappa shape index (κ1) is 18.1. The van der Waals surface area contributed by atoms with E-state index < -0.39 is 0 Å². The minimum atomic E-state index is 0.0823. The fourth-order valence-corrected chi connectivity index (χ4v) is 4.25. The van der Waals surface area contributed by atoms with Crippen molar-refractivity contribution in [3.05, 3.63) is 70.8 Å². The number of hydrogen-bond donors (Lipinski definition) is 1. The molecule has 2 aromatic carbocycles. The summed E-state index contributed by atoms with van der Waals surface area (Å²) in [7, 11) is 0. The van der Waals surface area contributed by atoms with Gasteiger partial charge in [-0.15, -0.1) is 0 Å². The minimum absolute atomic E-state index is 0.0823. The number of hydrogen-bond acceptors (Lipinski definition) is 2. The number of fused-ring (bicyclic) bond motifs is 1. The van der Waals surface area contributed by atoms with Gasteiger partial charge in [0, 0.05) is 17.9 Å². The lowest BCUT2D eigenvalue weighted by atomic mass is 9.89. The van der Waals surface area contributed by atoms with Crippen molar-refractivity contribution in [2.24, 2.45) is 0 Å². The summed E-state index contributed by atoms with van der Waals surface area (Å²) in [5.74, 6) is 1.97. The van der Waals surface area contributed by atoms with Gasteiger partial charge in [-0.25, -0.2) is 0 Å². The third kappa shape index (κ3) is 5.37. The highest BCUT2D eigenvalue weighted by Crippen LogP contribution is 2.24. The van der Waals surface area contributed by atoms with E-state index in [4.69, 9.17) is 0 Å². The van der Waals surface area contributed by atoms with E-state index in [-0.39, 0.29) is 11.9 Å². The first-order chi connectivity index (χ1) is 12.2. The van der Waals surface area contributed by atoms with Gasteiger partial charge in [0.25, 0.3) is 0 Å². The second kappa shape index (κ2) is 9.10. The number of amides is 1. The Balaban J connectivity index is 1.43. The Morgan fingerprint density at radius 2 is 1.84 bits per heavy atom. The first-order valence-corrected chi connectivity index (χ1v) is 10.4. The van der Waals surface area contributed by atoms with Crippen LogP contribution in [0.25, 0.3) is 0 Å². The highest BCUT2D eigenvalue weighted by atomic mass is 32.2. The van der Waals surface area contributed by atoms with Crippen LogP contribution in [0.4, 0.5) is 0 Å². The molecule has 25 heavy (non-hydrogen) atoms. The first-order valence-electron chi connectivity index (χ1n) is 9.25. The Morgan fingerprint density at radius 3 is 2.64 bits per heavy atom. The van der Waals surface area contributed by atoms with Gasteiger partial charge in [-0.3, -0.25) is 4.79 Å². The number of carbonyl (C=O) groups is 1. The third-order valence-corrected chi connectivity index (χ3v) is 5.87. The highest BCUT2D eigenvalue weighted by molar-refractivity contribution is 7.98. The summed E-state index contributed by atoms with van der Waals surface area (Å²) in [6, 6.07) is 17.2. The Labute approximate surface area is 155 Å². The maximum atomic E-state index is 12.2. The van der Waals surface area contributed by atoms with Crippen molar-refractivity contribution in [3.8, 4) is 0 Å². The molecule has 0 radical (unpaired) electrons. The van der Waals surface area contributed by atoms with Gasteiger partial charge >= 0.3 is 0 Å². The average Bonchev–Trinajstić information content (AvgIpc) is 2.65. The highest BCUT2D eigenvalue weighted by Gasteiger charge is 2.14. The van der Waals surface area contributed by atoms with Crippen LogP contribution < -0.4 is 5.32 Å². The molecule has 0 heterocycles. The zero-order valence-corrected chi connectivity index (χ0v) is 15.8. The van der Waals surface area contributed by atoms with Crippen molar-refractivity contribution in [2.45, 2.75) is 50.8 Å². The van der Waals surface area contributed by atoms with Gasteiger partial charge in [0.15, 0.2) is 0 Å². The molecule has 1 N–H and O–H groups in total. The molecular weight excluding hydrogens is 326 g/mol. The fraction of sp³-hybridized carbons (Fsp3) is 0.409. The topological polar surface area (TPSA) is 29.1 Å². The molecule has 0 bridgehead atoms. The maximum absolute atomic E-state index is 12.2.